The second-order valence-corrected chi connectivity index (χ2v) is 4.90. The van der Waals surface area contributed by atoms with E-state index in [1.165, 1.54) is 0 Å². The standard InChI is InChI=1S/C14H21NO3/c1-11-7-15(8-13(10-16)18-11)9-14(17)12-5-3-2-4-6-12/h2-6,11,13-14,16-17H,7-10H2,1H3/t11?,13?,14-/m1/s1. The molecule has 0 amide bonds. The molecule has 4 nitrogen and oxygen atoms in total. The van der Waals surface area contributed by atoms with Gasteiger partial charge < -0.3 is 14.9 Å². The number of rotatable bonds is 4. The quantitative estimate of drug-likeness (QED) is 0.831. The maximum Gasteiger partial charge on any atom is 0.0936 e. The van der Waals surface area contributed by atoms with Crippen LogP contribution in [0, 0.1) is 0 Å². The number of morpholine rings is 1. The minimum Gasteiger partial charge on any atom is -0.394 e. The van der Waals surface area contributed by atoms with Crippen molar-refractivity contribution in [3.05, 3.63) is 35.9 Å². The molecule has 100 valence electrons. The number of aliphatic hydroxyl groups excluding tert-OH is 2. The molecular formula is C14H21NO3. The number of hydrogen-bond acceptors (Lipinski definition) is 4. The smallest absolute Gasteiger partial charge is 0.0936 e. The van der Waals surface area contributed by atoms with Crippen molar-refractivity contribution in [3.63, 3.8) is 0 Å². The second-order valence-electron chi connectivity index (χ2n) is 4.90. The third kappa shape index (κ3) is 3.53. The first-order valence-corrected chi connectivity index (χ1v) is 6.40. The summed E-state index contributed by atoms with van der Waals surface area (Å²) >= 11 is 0. The second kappa shape index (κ2) is 6.29. The molecule has 18 heavy (non-hydrogen) atoms. The Bertz CT molecular complexity index is 357. The van der Waals surface area contributed by atoms with Crippen LogP contribution in [0.25, 0.3) is 0 Å². The highest BCUT2D eigenvalue weighted by atomic mass is 16.5. The number of aliphatic hydroxyl groups is 2. The lowest BCUT2D eigenvalue weighted by Crippen LogP contribution is -2.49. The summed E-state index contributed by atoms with van der Waals surface area (Å²) in [5, 5.41) is 19.3. The molecule has 0 aromatic heterocycles. The van der Waals surface area contributed by atoms with E-state index >= 15 is 0 Å². The molecule has 2 rings (SSSR count). The molecule has 3 atom stereocenters. The Morgan fingerprint density at radius 3 is 2.72 bits per heavy atom. The highest BCUT2D eigenvalue weighted by Crippen LogP contribution is 2.17. The van der Waals surface area contributed by atoms with Crippen LogP contribution in [-0.2, 0) is 4.74 Å². The van der Waals surface area contributed by atoms with Crippen LogP contribution in [0.1, 0.15) is 18.6 Å². The first kappa shape index (κ1) is 13.5. The van der Waals surface area contributed by atoms with Crippen LogP contribution in [0.3, 0.4) is 0 Å². The minimum absolute atomic E-state index is 0.0300. The molecule has 0 radical (unpaired) electrons. The van der Waals surface area contributed by atoms with Crippen molar-refractivity contribution < 1.29 is 14.9 Å². The van der Waals surface area contributed by atoms with Gasteiger partial charge in [-0.3, -0.25) is 4.90 Å². The van der Waals surface area contributed by atoms with Gasteiger partial charge in [0.15, 0.2) is 0 Å². The van der Waals surface area contributed by atoms with Crippen LogP contribution < -0.4 is 0 Å². The molecule has 1 aliphatic rings. The Hall–Kier alpha value is -0.940. The summed E-state index contributed by atoms with van der Waals surface area (Å²) in [6.07, 6.45) is -0.536. The van der Waals surface area contributed by atoms with Crippen molar-refractivity contribution in [2.75, 3.05) is 26.2 Å². The average molecular weight is 251 g/mol. The Labute approximate surface area is 108 Å². The average Bonchev–Trinajstić information content (AvgIpc) is 2.39. The number of β-amino-alcohol motifs (C(OH)–C–C–N with tert-alkyl or cyclic N) is 1. The summed E-state index contributed by atoms with van der Waals surface area (Å²) in [5.74, 6) is 0. The lowest BCUT2D eigenvalue weighted by Gasteiger charge is -2.37. The zero-order valence-corrected chi connectivity index (χ0v) is 10.7. The zero-order valence-electron chi connectivity index (χ0n) is 10.7. The minimum atomic E-state index is -0.490. The van der Waals surface area contributed by atoms with E-state index in [4.69, 9.17) is 9.84 Å². The van der Waals surface area contributed by atoms with Gasteiger partial charge in [0.1, 0.15) is 0 Å². The molecule has 1 heterocycles. The SMILES string of the molecule is CC1CN(C[C@@H](O)c2ccccc2)CC(CO)O1. The lowest BCUT2D eigenvalue weighted by atomic mass is 10.1. The van der Waals surface area contributed by atoms with Crippen LogP contribution in [0.4, 0.5) is 0 Å². The molecule has 2 N–H and O–H groups in total. The van der Waals surface area contributed by atoms with Crippen molar-refractivity contribution in [1.29, 1.82) is 0 Å². The maximum atomic E-state index is 10.2. The Morgan fingerprint density at radius 2 is 2.06 bits per heavy atom. The summed E-state index contributed by atoms with van der Waals surface area (Å²) in [6.45, 7) is 4.06. The Morgan fingerprint density at radius 1 is 1.33 bits per heavy atom. The predicted molar refractivity (Wildman–Crippen MR) is 69.3 cm³/mol. The van der Waals surface area contributed by atoms with Crippen LogP contribution >= 0.6 is 0 Å². The Kier molecular flexibility index (Phi) is 4.72. The van der Waals surface area contributed by atoms with Crippen molar-refractivity contribution in [3.8, 4) is 0 Å². The van der Waals surface area contributed by atoms with Crippen molar-refractivity contribution in [1.82, 2.24) is 4.90 Å². The molecule has 0 aliphatic carbocycles. The van der Waals surface area contributed by atoms with Gasteiger partial charge in [0, 0.05) is 19.6 Å². The van der Waals surface area contributed by atoms with Crippen molar-refractivity contribution in [2.45, 2.75) is 25.2 Å². The number of benzene rings is 1. The van der Waals surface area contributed by atoms with Crippen LogP contribution in [0.2, 0.25) is 0 Å². The molecule has 0 spiro atoms. The molecular weight excluding hydrogens is 230 g/mol. The molecule has 1 aromatic carbocycles. The molecule has 0 bridgehead atoms. The van der Waals surface area contributed by atoms with E-state index in [1.54, 1.807) is 0 Å². The van der Waals surface area contributed by atoms with E-state index < -0.39 is 6.10 Å². The van der Waals surface area contributed by atoms with E-state index in [9.17, 15) is 5.11 Å². The number of nitrogens with zero attached hydrogens (tertiary/aromatic N) is 1. The molecule has 1 aromatic rings. The summed E-state index contributed by atoms with van der Waals surface area (Å²) in [6, 6.07) is 9.65. The first-order chi connectivity index (χ1) is 8.69. The molecule has 1 aliphatic heterocycles. The highest BCUT2D eigenvalue weighted by molar-refractivity contribution is 5.17. The van der Waals surface area contributed by atoms with Gasteiger partial charge in [-0.2, -0.15) is 0 Å². The highest BCUT2D eigenvalue weighted by Gasteiger charge is 2.26. The largest absolute Gasteiger partial charge is 0.394 e. The third-order valence-electron chi connectivity index (χ3n) is 3.22. The van der Waals surface area contributed by atoms with Gasteiger partial charge in [-0.1, -0.05) is 30.3 Å². The van der Waals surface area contributed by atoms with E-state index in [1.807, 2.05) is 37.3 Å². The lowest BCUT2D eigenvalue weighted by molar-refractivity contribution is -0.102. The van der Waals surface area contributed by atoms with E-state index in [2.05, 4.69) is 4.90 Å². The fraction of sp³-hybridized carbons (Fsp3) is 0.571. The summed E-state index contributed by atoms with van der Waals surface area (Å²) < 4.78 is 5.58. The predicted octanol–water partition coefficient (Wildman–Crippen LogP) is 0.802. The van der Waals surface area contributed by atoms with Crippen molar-refractivity contribution >= 4 is 0 Å². The fourth-order valence-corrected chi connectivity index (χ4v) is 2.42. The van der Waals surface area contributed by atoms with E-state index in [0.29, 0.717) is 13.1 Å². The summed E-state index contributed by atoms with van der Waals surface area (Å²) in [5.41, 5.74) is 0.928. The molecule has 4 heteroatoms. The monoisotopic (exact) mass is 251 g/mol. The van der Waals surface area contributed by atoms with Gasteiger partial charge in [0.2, 0.25) is 0 Å². The van der Waals surface area contributed by atoms with Crippen molar-refractivity contribution in [2.24, 2.45) is 0 Å². The molecule has 2 unspecified atom stereocenters. The van der Waals surface area contributed by atoms with Gasteiger partial charge in [0.25, 0.3) is 0 Å². The van der Waals surface area contributed by atoms with Crippen LogP contribution in [0.5, 0.6) is 0 Å². The molecule has 0 saturated carbocycles. The van der Waals surface area contributed by atoms with Crippen LogP contribution in [-0.4, -0.2) is 53.6 Å². The first-order valence-electron chi connectivity index (χ1n) is 6.40. The maximum absolute atomic E-state index is 10.2. The van der Waals surface area contributed by atoms with Crippen LogP contribution in [0.15, 0.2) is 30.3 Å². The van der Waals surface area contributed by atoms with E-state index in [0.717, 1.165) is 12.1 Å². The topological polar surface area (TPSA) is 52.9 Å². The van der Waals surface area contributed by atoms with Gasteiger partial charge in [-0.15, -0.1) is 0 Å². The van der Waals surface area contributed by atoms with Gasteiger partial charge in [-0.05, 0) is 12.5 Å². The third-order valence-corrected chi connectivity index (χ3v) is 3.22. The van der Waals surface area contributed by atoms with Gasteiger partial charge in [0.05, 0.1) is 24.9 Å². The Balaban J connectivity index is 1.92. The number of hydrogen-bond donors (Lipinski definition) is 2. The molecule has 1 fully saturated rings. The fourth-order valence-electron chi connectivity index (χ4n) is 2.42. The molecule has 1 saturated heterocycles. The number of ether oxygens (including phenoxy) is 1. The summed E-state index contributed by atoms with van der Waals surface area (Å²) in [7, 11) is 0. The normalized spacial score (nSPS) is 27.1. The zero-order chi connectivity index (χ0) is 13.0. The van der Waals surface area contributed by atoms with Gasteiger partial charge in [-0.25, -0.2) is 0 Å². The van der Waals surface area contributed by atoms with E-state index in [-0.39, 0.29) is 18.8 Å². The summed E-state index contributed by atoms with van der Waals surface area (Å²) in [4.78, 5) is 2.15. The van der Waals surface area contributed by atoms with Gasteiger partial charge >= 0.3 is 0 Å².